The Kier molecular flexibility index (Phi) is 3.68. The third-order valence-electron chi connectivity index (χ3n) is 4.41. The Morgan fingerprint density at radius 3 is 2.40 bits per heavy atom. The highest BCUT2D eigenvalue weighted by Crippen LogP contribution is 2.36. The van der Waals surface area contributed by atoms with E-state index in [4.69, 9.17) is 0 Å². The van der Waals surface area contributed by atoms with Gasteiger partial charge in [-0.3, -0.25) is 4.90 Å². The summed E-state index contributed by atoms with van der Waals surface area (Å²) in [6.07, 6.45) is 8.72. The van der Waals surface area contributed by atoms with Gasteiger partial charge in [0.25, 0.3) is 0 Å². The number of aliphatic hydroxyl groups excluding tert-OH is 1. The van der Waals surface area contributed by atoms with Gasteiger partial charge in [-0.2, -0.15) is 0 Å². The van der Waals surface area contributed by atoms with Crippen molar-refractivity contribution >= 4 is 0 Å². The lowest BCUT2D eigenvalue weighted by atomic mass is 10.0. The lowest BCUT2D eigenvalue weighted by molar-refractivity contribution is 0.0347. The first-order valence-electron chi connectivity index (χ1n) is 6.60. The van der Waals surface area contributed by atoms with Crippen molar-refractivity contribution < 1.29 is 5.11 Å². The molecule has 88 valence electrons. The molecule has 0 heterocycles. The van der Waals surface area contributed by atoms with Crippen molar-refractivity contribution in [2.24, 2.45) is 5.92 Å². The van der Waals surface area contributed by atoms with E-state index in [0.717, 1.165) is 12.3 Å². The Morgan fingerprint density at radius 1 is 1.07 bits per heavy atom. The van der Waals surface area contributed by atoms with E-state index in [0.29, 0.717) is 12.1 Å². The average Bonchev–Trinajstić information content (AvgIpc) is 3.02. The van der Waals surface area contributed by atoms with E-state index in [9.17, 15) is 5.11 Å². The highest BCUT2D eigenvalue weighted by Gasteiger charge is 2.35. The molecule has 2 saturated carbocycles. The van der Waals surface area contributed by atoms with Crippen molar-refractivity contribution in [3.8, 4) is 0 Å². The Balaban J connectivity index is 1.93. The van der Waals surface area contributed by atoms with Gasteiger partial charge in [-0.1, -0.05) is 19.3 Å². The van der Waals surface area contributed by atoms with Crippen molar-refractivity contribution in [1.82, 2.24) is 4.90 Å². The van der Waals surface area contributed by atoms with E-state index >= 15 is 0 Å². The smallest absolute Gasteiger partial charge is 0.0695 e. The van der Waals surface area contributed by atoms with Crippen LogP contribution in [0.4, 0.5) is 0 Å². The van der Waals surface area contributed by atoms with Crippen LogP contribution < -0.4 is 0 Å². The molecule has 0 radical (unpaired) electrons. The van der Waals surface area contributed by atoms with Gasteiger partial charge in [0.1, 0.15) is 0 Å². The summed E-state index contributed by atoms with van der Waals surface area (Å²) in [4.78, 5) is 2.45. The molecule has 3 unspecified atom stereocenters. The highest BCUT2D eigenvalue weighted by atomic mass is 16.3. The first kappa shape index (κ1) is 11.4. The number of likely N-dealkylation sites (N-methyl/N-ethyl adjacent to an activating group) is 1. The summed E-state index contributed by atoms with van der Waals surface area (Å²) in [5.41, 5.74) is 0. The summed E-state index contributed by atoms with van der Waals surface area (Å²) >= 11 is 0. The topological polar surface area (TPSA) is 23.5 Å². The van der Waals surface area contributed by atoms with Crippen LogP contribution in [0.15, 0.2) is 0 Å². The van der Waals surface area contributed by atoms with Crippen molar-refractivity contribution in [1.29, 1.82) is 0 Å². The molecule has 2 fully saturated rings. The van der Waals surface area contributed by atoms with Crippen LogP contribution in [0, 0.1) is 5.92 Å². The Morgan fingerprint density at radius 2 is 1.73 bits per heavy atom. The number of hydrogen-bond acceptors (Lipinski definition) is 2. The van der Waals surface area contributed by atoms with Crippen LogP contribution in [0.3, 0.4) is 0 Å². The fourth-order valence-electron chi connectivity index (χ4n) is 2.96. The quantitative estimate of drug-likeness (QED) is 0.725. The molecule has 0 saturated heterocycles. The third-order valence-corrected chi connectivity index (χ3v) is 4.41. The first-order valence-corrected chi connectivity index (χ1v) is 6.60. The van der Waals surface area contributed by atoms with Gasteiger partial charge in [0.15, 0.2) is 0 Å². The van der Waals surface area contributed by atoms with Crippen molar-refractivity contribution in [3.63, 3.8) is 0 Å². The van der Waals surface area contributed by atoms with Crippen molar-refractivity contribution in [2.45, 2.75) is 70.1 Å². The van der Waals surface area contributed by atoms with Gasteiger partial charge in [-0.25, -0.2) is 0 Å². The summed E-state index contributed by atoms with van der Waals surface area (Å²) in [6.45, 7) is 2.33. The molecule has 2 nitrogen and oxygen atoms in total. The van der Waals surface area contributed by atoms with Crippen LogP contribution in [0.25, 0.3) is 0 Å². The fourth-order valence-corrected chi connectivity index (χ4v) is 2.96. The number of aliphatic hydroxyl groups is 1. The summed E-state index contributed by atoms with van der Waals surface area (Å²) in [7, 11) is 2.21. The summed E-state index contributed by atoms with van der Waals surface area (Å²) in [5.74, 6) is 0.908. The van der Waals surface area contributed by atoms with E-state index in [1.165, 1.54) is 38.5 Å². The summed E-state index contributed by atoms with van der Waals surface area (Å²) in [6, 6.07) is 1.09. The molecule has 0 amide bonds. The van der Waals surface area contributed by atoms with Gasteiger partial charge in [0, 0.05) is 12.1 Å². The van der Waals surface area contributed by atoms with Crippen LogP contribution in [0.5, 0.6) is 0 Å². The van der Waals surface area contributed by atoms with Gasteiger partial charge in [0.05, 0.1) is 6.10 Å². The molecule has 15 heavy (non-hydrogen) atoms. The Labute approximate surface area is 93.7 Å². The molecule has 0 aliphatic heterocycles. The normalized spacial score (nSPS) is 35.2. The predicted octanol–water partition coefficient (Wildman–Crippen LogP) is 2.41. The standard InChI is InChI=1S/C13H25NO/c1-10(11-8-9-11)14(2)12-6-4-3-5-7-13(12)15/h10-13,15H,3-9H2,1-2H3. The molecule has 2 heteroatoms. The second kappa shape index (κ2) is 4.84. The third kappa shape index (κ3) is 2.73. The van der Waals surface area contributed by atoms with Crippen LogP contribution in [0.2, 0.25) is 0 Å². The number of rotatable bonds is 3. The van der Waals surface area contributed by atoms with Crippen LogP contribution in [-0.4, -0.2) is 35.2 Å². The van der Waals surface area contributed by atoms with Crippen molar-refractivity contribution in [3.05, 3.63) is 0 Å². The highest BCUT2D eigenvalue weighted by molar-refractivity contribution is 4.89. The maximum Gasteiger partial charge on any atom is 0.0695 e. The lowest BCUT2D eigenvalue weighted by Gasteiger charge is -2.35. The van der Waals surface area contributed by atoms with Gasteiger partial charge < -0.3 is 5.11 Å². The molecule has 0 aromatic rings. The molecular formula is C13H25NO. The maximum atomic E-state index is 10.1. The minimum atomic E-state index is -0.0845. The zero-order valence-corrected chi connectivity index (χ0v) is 10.2. The van der Waals surface area contributed by atoms with E-state index in [2.05, 4.69) is 18.9 Å². The first-order chi connectivity index (χ1) is 7.20. The summed E-state index contributed by atoms with van der Waals surface area (Å²) < 4.78 is 0. The van der Waals surface area contributed by atoms with Gasteiger partial charge in [-0.05, 0) is 45.6 Å². The number of nitrogens with zero attached hydrogens (tertiary/aromatic N) is 1. The Bertz CT molecular complexity index is 203. The molecule has 0 spiro atoms. The largest absolute Gasteiger partial charge is 0.391 e. The SMILES string of the molecule is CC(C1CC1)N(C)C1CCCCCC1O. The predicted molar refractivity (Wildman–Crippen MR) is 62.8 cm³/mol. The minimum absolute atomic E-state index is 0.0845. The van der Waals surface area contributed by atoms with Gasteiger partial charge in [-0.15, -0.1) is 0 Å². The monoisotopic (exact) mass is 211 g/mol. The maximum absolute atomic E-state index is 10.1. The van der Waals surface area contributed by atoms with Gasteiger partial charge in [0.2, 0.25) is 0 Å². The molecule has 0 aromatic heterocycles. The van der Waals surface area contributed by atoms with Crippen LogP contribution in [0.1, 0.15) is 51.9 Å². The second-order valence-corrected chi connectivity index (χ2v) is 5.52. The van der Waals surface area contributed by atoms with E-state index < -0.39 is 0 Å². The molecule has 0 aromatic carbocycles. The lowest BCUT2D eigenvalue weighted by Crippen LogP contribution is -2.46. The Hall–Kier alpha value is -0.0800. The van der Waals surface area contributed by atoms with Crippen LogP contribution in [-0.2, 0) is 0 Å². The minimum Gasteiger partial charge on any atom is -0.391 e. The molecular weight excluding hydrogens is 186 g/mol. The van der Waals surface area contributed by atoms with E-state index in [-0.39, 0.29) is 6.10 Å². The molecule has 2 aliphatic rings. The summed E-state index contributed by atoms with van der Waals surface area (Å²) in [5, 5.41) is 10.1. The molecule has 2 aliphatic carbocycles. The van der Waals surface area contributed by atoms with Gasteiger partial charge >= 0.3 is 0 Å². The number of hydrogen-bond donors (Lipinski definition) is 1. The molecule has 1 N–H and O–H groups in total. The molecule has 3 atom stereocenters. The molecule has 0 bridgehead atoms. The average molecular weight is 211 g/mol. The van der Waals surface area contributed by atoms with E-state index in [1.807, 2.05) is 0 Å². The van der Waals surface area contributed by atoms with E-state index in [1.54, 1.807) is 0 Å². The molecule has 2 rings (SSSR count). The van der Waals surface area contributed by atoms with Crippen LogP contribution >= 0.6 is 0 Å². The fraction of sp³-hybridized carbons (Fsp3) is 1.00. The van der Waals surface area contributed by atoms with Crippen molar-refractivity contribution in [2.75, 3.05) is 7.05 Å². The zero-order chi connectivity index (χ0) is 10.8. The second-order valence-electron chi connectivity index (χ2n) is 5.52. The zero-order valence-electron chi connectivity index (χ0n) is 10.2.